The number of thioether (sulfide) groups is 1. The number of nitrogens with zero attached hydrogens (tertiary/aromatic N) is 2. The maximum absolute atomic E-state index is 12.6. The van der Waals surface area contributed by atoms with Gasteiger partial charge in [0.15, 0.2) is 0 Å². The third-order valence-corrected chi connectivity index (χ3v) is 5.20. The van der Waals surface area contributed by atoms with Crippen molar-refractivity contribution in [3.63, 3.8) is 0 Å². The van der Waals surface area contributed by atoms with E-state index < -0.39 is 0 Å². The number of anilines is 2. The second-order valence-corrected chi connectivity index (χ2v) is 7.20. The number of hydrogen-bond acceptors (Lipinski definition) is 4. The standard InChI is InChI=1S/C19H22N4O2S/c1-3-13(2)21-17(24)14-6-8-15(9-7-14)22-19(25)23-11-12-26-18-16(23)5-4-10-20-18/h4-10,13H,3,11-12H2,1-2H3,(H,21,24)(H,22,25)/t13-/m0/s1. The molecule has 2 N–H and O–H groups in total. The summed E-state index contributed by atoms with van der Waals surface area (Å²) >= 11 is 1.65. The zero-order valence-corrected chi connectivity index (χ0v) is 15.7. The van der Waals surface area contributed by atoms with E-state index in [1.807, 2.05) is 26.0 Å². The zero-order valence-electron chi connectivity index (χ0n) is 14.9. The molecule has 1 atom stereocenters. The number of carbonyl (C=O) groups is 2. The third-order valence-electron chi connectivity index (χ3n) is 4.23. The van der Waals surface area contributed by atoms with Crippen LogP contribution >= 0.6 is 11.8 Å². The highest BCUT2D eigenvalue weighted by molar-refractivity contribution is 7.99. The van der Waals surface area contributed by atoms with Gasteiger partial charge in [0.25, 0.3) is 5.91 Å². The lowest BCUT2D eigenvalue weighted by molar-refractivity contribution is 0.0939. The number of carbonyl (C=O) groups excluding carboxylic acids is 2. The molecule has 6 nitrogen and oxygen atoms in total. The molecular formula is C19H22N4O2S. The van der Waals surface area contributed by atoms with E-state index in [9.17, 15) is 9.59 Å². The van der Waals surface area contributed by atoms with Crippen molar-refractivity contribution in [1.82, 2.24) is 10.3 Å². The molecule has 0 fully saturated rings. The zero-order chi connectivity index (χ0) is 18.5. The van der Waals surface area contributed by atoms with Gasteiger partial charge in [-0.2, -0.15) is 0 Å². The van der Waals surface area contributed by atoms with Crippen molar-refractivity contribution in [2.24, 2.45) is 0 Å². The number of amides is 3. The second-order valence-electron chi connectivity index (χ2n) is 6.12. The Morgan fingerprint density at radius 1 is 1.27 bits per heavy atom. The molecule has 136 valence electrons. The van der Waals surface area contributed by atoms with Crippen LogP contribution in [0.5, 0.6) is 0 Å². The summed E-state index contributed by atoms with van der Waals surface area (Å²) in [6.07, 6.45) is 2.61. The minimum absolute atomic E-state index is 0.106. The maximum Gasteiger partial charge on any atom is 0.326 e. The molecule has 0 saturated heterocycles. The van der Waals surface area contributed by atoms with Crippen molar-refractivity contribution in [3.05, 3.63) is 48.2 Å². The summed E-state index contributed by atoms with van der Waals surface area (Å²) in [5.74, 6) is 0.705. The Kier molecular flexibility index (Phi) is 5.78. The number of benzene rings is 1. The molecule has 0 radical (unpaired) electrons. The van der Waals surface area contributed by atoms with Crippen LogP contribution in [-0.2, 0) is 0 Å². The summed E-state index contributed by atoms with van der Waals surface area (Å²) in [6, 6.07) is 10.6. The molecule has 1 aromatic carbocycles. The molecule has 1 aromatic heterocycles. The van der Waals surface area contributed by atoms with E-state index in [1.165, 1.54) is 0 Å². The number of pyridine rings is 1. The SMILES string of the molecule is CC[C@H](C)NC(=O)c1ccc(NC(=O)N2CCSc3ncccc32)cc1. The van der Waals surface area contributed by atoms with Gasteiger partial charge in [0.05, 0.1) is 5.69 Å². The van der Waals surface area contributed by atoms with Crippen LogP contribution in [0.25, 0.3) is 0 Å². The molecule has 26 heavy (non-hydrogen) atoms. The highest BCUT2D eigenvalue weighted by Crippen LogP contribution is 2.32. The van der Waals surface area contributed by atoms with Crippen LogP contribution in [0.15, 0.2) is 47.6 Å². The first kappa shape index (κ1) is 18.3. The van der Waals surface area contributed by atoms with Gasteiger partial charge < -0.3 is 10.6 Å². The molecule has 1 aliphatic heterocycles. The molecule has 2 aromatic rings. The van der Waals surface area contributed by atoms with E-state index in [4.69, 9.17) is 0 Å². The van der Waals surface area contributed by atoms with Crippen molar-refractivity contribution in [2.45, 2.75) is 31.3 Å². The average Bonchev–Trinajstić information content (AvgIpc) is 2.67. The predicted octanol–water partition coefficient (Wildman–Crippen LogP) is 3.75. The Morgan fingerprint density at radius 3 is 2.77 bits per heavy atom. The molecule has 3 amide bonds. The lowest BCUT2D eigenvalue weighted by Gasteiger charge is -2.28. The summed E-state index contributed by atoms with van der Waals surface area (Å²) < 4.78 is 0. The number of urea groups is 1. The van der Waals surface area contributed by atoms with Gasteiger partial charge in [0, 0.05) is 35.8 Å². The van der Waals surface area contributed by atoms with Crippen LogP contribution < -0.4 is 15.5 Å². The van der Waals surface area contributed by atoms with E-state index in [1.54, 1.807) is 47.1 Å². The maximum atomic E-state index is 12.6. The topological polar surface area (TPSA) is 74.3 Å². The molecule has 0 saturated carbocycles. The summed E-state index contributed by atoms with van der Waals surface area (Å²) in [7, 11) is 0. The van der Waals surface area contributed by atoms with Gasteiger partial charge in [-0.3, -0.25) is 9.69 Å². The number of aromatic nitrogens is 1. The van der Waals surface area contributed by atoms with Crippen molar-refractivity contribution in [2.75, 3.05) is 22.5 Å². The van der Waals surface area contributed by atoms with Gasteiger partial charge in [0.1, 0.15) is 5.03 Å². The molecule has 0 unspecified atom stereocenters. The Morgan fingerprint density at radius 2 is 2.04 bits per heavy atom. The van der Waals surface area contributed by atoms with E-state index in [0.29, 0.717) is 17.8 Å². The van der Waals surface area contributed by atoms with Crippen LogP contribution in [0.4, 0.5) is 16.2 Å². The van der Waals surface area contributed by atoms with Crippen LogP contribution in [-0.4, -0.2) is 35.3 Å². The monoisotopic (exact) mass is 370 g/mol. The van der Waals surface area contributed by atoms with Crippen molar-refractivity contribution >= 4 is 35.1 Å². The van der Waals surface area contributed by atoms with E-state index in [0.717, 1.165) is 22.9 Å². The molecular weight excluding hydrogens is 348 g/mol. The summed E-state index contributed by atoms with van der Waals surface area (Å²) in [5, 5.41) is 6.68. The highest BCUT2D eigenvalue weighted by atomic mass is 32.2. The van der Waals surface area contributed by atoms with E-state index in [2.05, 4.69) is 15.6 Å². The summed E-state index contributed by atoms with van der Waals surface area (Å²) in [6.45, 7) is 4.62. The van der Waals surface area contributed by atoms with Crippen molar-refractivity contribution in [1.29, 1.82) is 0 Å². The molecule has 0 aliphatic carbocycles. The second kappa shape index (κ2) is 8.23. The minimum atomic E-state index is -0.198. The first-order valence-corrected chi connectivity index (χ1v) is 9.64. The van der Waals surface area contributed by atoms with Crippen LogP contribution in [0.3, 0.4) is 0 Å². The van der Waals surface area contributed by atoms with Gasteiger partial charge in [-0.15, -0.1) is 11.8 Å². The largest absolute Gasteiger partial charge is 0.350 e. The third kappa shape index (κ3) is 4.16. The Labute approximate surface area is 157 Å². The normalized spacial score (nSPS) is 14.3. The van der Waals surface area contributed by atoms with Gasteiger partial charge in [0.2, 0.25) is 0 Å². The highest BCUT2D eigenvalue weighted by Gasteiger charge is 2.23. The van der Waals surface area contributed by atoms with Gasteiger partial charge >= 0.3 is 6.03 Å². The van der Waals surface area contributed by atoms with Crippen LogP contribution in [0.2, 0.25) is 0 Å². The van der Waals surface area contributed by atoms with Crippen LogP contribution in [0, 0.1) is 0 Å². The van der Waals surface area contributed by atoms with Crippen molar-refractivity contribution < 1.29 is 9.59 Å². The fourth-order valence-corrected chi connectivity index (χ4v) is 3.50. The smallest absolute Gasteiger partial charge is 0.326 e. The number of rotatable bonds is 4. The molecule has 0 bridgehead atoms. The quantitative estimate of drug-likeness (QED) is 0.859. The molecule has 0 spiro atoms. The van der Waals surface area contributed by atoms with Gasteiger partial charge in [-0.25, -0.2) is 9.78 Å². The average molecular weight is 370 g/mol. The van der Waals surface area contributed by atoms with E-state index >= 15 is 0 Å². The van der Waals surface area contributed by atoms with Gasteiger partial charge in [-0.05, 0) is 49.7 Å². The lowest BCUT2D eigenvalue weighted by atomic mass is 10.1. The predicted molar refractivity (Wildman–Crippen MR) is 105 cm³/mol. The fraction of sp³-hybridized carbons (Fsp3) is 0.316. The number of hydrogen-bond donors (Lipinski definition) is 2. The van der Waals surface area contributed by atoms with E-state index in [-0.39, 0.29) is 18.0 Å². The van der Waals surface area contributed by atoms with Crippen molar-refractivity contribution in [3.8, 4) is 0 Å². The first-order valence-electron chi connectivity index (χ1n) is 8.65. The fourth-order valence-electron chi connectivity index (χ4n) is 2.57. The first-order chi connectivity index (χ1) is 12.6. The van der Waals surface area contributed by atoms with Crippen LogP contribution in [0.1, 0.15) is 30.6 Å². The minimum Gasteiger partial charge on any atom is -0.350 e. The molecule has 3 rings (SSSR count). The summed E-state index contributed by atoms with van der Waals surface area (Å²) in [4.78, 5) is 30.8. The lowest BCUT2D eigenvalue weighted by Crippen LogP contribution is -2.38. The Hall–Kier alpha value is -2.54. The Bertz CT molecular complexity index is 794. The molecule has 2 heterocycles. The van der Waals surface area contributed by atoms with Gasteiger partial charge in [-0.1, -0.05) is 6.92 Å². The molecule has 1 aliphatic rings. The summed E-state index contributed by atoms with van der Waals surface area (Å²) in [5.41, 5.74) is 2.05. The number of fused-ring (bicyclic) bond motifs is 1. The number of nitrogens with one attached hydrogen (secondary N) is 2. The molecule has 7 heteroatoms. The Balaban J connectivity index is 1.66.